The lowest BCUT2D eigenvalue weighted by Gasteiger charge is -2.18. The van der Waals surface area contributed by atoms with E-state index in [9.17, 15) is 9.59 Å². The van der Waals surface area contributed by atoms with E-state index < -0.39 is 12.0 Å². The van der Waals surface area contributed by atoms with Gasteiger partial charge in [-0.2, -0.15) is 11.8 Å². The average Bonchev–Trinajstić information content (AvgIpc) is 2.53. The second-order valence-corrected chi connectivity index (χ2v) is 5.83. The van der Waals surface area contributed by atoms with Gasteiger partial charge in [0.15, 0.2) is 0 Å². The van der Waals surface area contributed by atoms with Gasteiger partial charge in [0.05, 0.1) is 18.6 Å². The number of rotatable bonds is 9. The number of carbonyl (C=O) groups excluding carboxylic acids is 2. The number of nitrogens with one attached hydrogen (secondary N) is 1. The molecule has 0 spiro atoms. The average molecular weight is 324 g/mol. The smallest absolute Gasteiger partial charge is 0.315 e. The molecule has 1 amide bonds. The molecule has 0 aliphatic heterocycles. The Hall–Kier alpha value is -1.53. The first-order valence-corrected chi connectivity index (χ1v) is 8.73. The maximum Gasteiger partial charge on any atom is 0.315 e. The molecule has 1 rings (SSSR count). The Morgan fingerprint density at radius 1 is 1.32 bits per heavy atom. The summed E-state index contributed by atoms with van der Waals surface area (Å²) in [7, 11) is 0. The molecule has 3 N–H and O–H groups in total. The number of amides is 1. The van der Waals surface area contributed by atoms with Crippen molar-refractivity contribution in [1.29, 1.82) is 0 Å². The van der Waals surface area contributed by atoms with E-state index in [1.54, 1.807) is 18.7 Å². The number of ether oxygens (including phenoxy) is 1. The van der Waals surface area contributed by atoms with E-state index in [1.807, 2.05) is 36.6 Å². The maximum atomic E-state index is 12.1. The Bertz CT molecular complexity index is 468. The van der Waals surface area contributed by atoms with E-state index in [1.165, 1.54) is 0 Å². The van der Waals surface area contributed by atoms with Crippen molar-refractivity contribution in [3.05, 3.63) is 35.9 Å². The molecule has 0 aliphatic rings. The summed E-state index contributed by atoms with van der Waals surface area (Å²) in [5.74, 6) is -0.266. The van der Waals surface area contributed by atoms with E-state index in [2.05, 4.69) is 5.32 Å². The highest BCUT2D eigenvalue weighted by Gasteiger charge is 2.23. The molecule has 0 radical (unpaired) electrons. The predicted molar refractivity (Wildman–Crippen MR) is 89.8 cm³/mol. The van der Waals surface area contributed by atoms with Crippen molar-refractivity contribution in [3.8, 4) is 0 Å². The SMILES string of the molecule is CCOC(=O)C(CNC(=O)[C@@H](N)CCSC)c1ccccc1. The largest absolute Gasteiger partial charge is 0.465 e. The Balaban J connectivity index is 2.66. The van der Waals surface area contributed by atoms with Crippen LogP contribution in [0.3, 0.4) is 0 Å². The fourth-order valence-electron chi connectivity index (χ4n) is 1.98. The molecule has 1 aromatic rings. The normalized spacial score (nSPS) is 13.2. The van der Waals surface area contributed by atoms with E-state index >= 15 is 0 Å². The van der Waals surface area contributed by atoms with Gasteiger partial charge in [-0.05, 0) is 30.9 Å². The zero-order valence-electron chi connectivity index (χ0n) is 13.1. The van der Waals surface area contributed by atoms with Gasteiger partial charge >= 0.3 is 5.97 Å². The molecule has 0 aromatic heterocycles. The van der Waals surface area contributed by atoms with Gasteiger partial charge in [0.1, 0.15) is 0 Å². The molecule has 22 heavy (non-hydrogen) atoms. The van der Waals surface area contributed by atoms with Crippen molar-refractivity contribution in [2.24, 2.45) is 5.73 Å². The highest BCUT2D eigenvalue weighted by Crippen LogP contribution is 2.16. The van der Waals surface area contributed by atoms with Crippen LogP contribution in [0.5, 0.6) is 0 Å². The van der Waals surface area contributed by atoms with Crippen molar-refractivity contribution in [2.75, 3.05) is 25.2 Å². The minimum Gasteiger partial charge on any atom is -0.465 e. The molecule has 122 valence electrons. The van der Waals surface area contributed by atoms with E-state index in [0.717, 1.165) is 11.3 Å². The number of nitrogens with two attached hydrogens (primary N) is 1. The highest BCUT2D eigenvalue weighted by molar-refractivity contribution is 7.98. The fraction of sp³-hybridized carbons (Fsp3) is 0.500. The molecule has 0 fully saturated rings. The summed E-state index contributed by atoms with van der Waals surface area (Å²) in [5.41, 5.74) is 6.64. The third kappa shape index (κ3) is 6.07. The quantitative estimate of drug-likeness (QED) is 0.673. The van der Waals surface area contributed by atoms with E-state index in [-0.39, 0.29) is 18.4 Å². The maximum absolute atomic E-state index is 12.1. The number of carbonyl (C=O) groups is 2. The van der Waals surface area contributed by atoms with Crippen LogP contribution in [0.15, 0.2) is 30.3 Å². The van der Waals surface area contributed by atoms with Gasteiger partial charge in [-0.1, -0.05) is 30.3 Å². The highest BCUT2D eigenvalue weighted by atomic mass is 32.2. The van der Waals surface area contributed by atoms with E-state index in [4.69, 9.17) is 10.5 Å². The number of hydrogen-bond acceptors (Lipinski definition) is 5. The van der Waals surface area contributed by atoms with Crippen LogP contribution in [0.2, 0.25) is 0 Å². The molecule has 2 atom stereocenters. The molecule has 1 unspecified atom stereocenters. The molecule has 6 heteroatoms. The molecular weight excluding hydrogens is 300 g/mol. The zero-order valence-corrected chi connectivity index (χ0v) is 13.9. The summed E-state index contributed by atoms with van der Waals surface area (Å²) >= 11 is 1.65. The number of hydrogen-bond donors (Lipinski definition) is 2. The van der Waals surface area contributed by atoms with Gasteiger partial charge in [-0.3, -0.25) is 9.59 Å². The molecule has 0 aliphatic carbocycles. The first-order valence-electron chi connectivity index (χ1n) is 7.34. The van der Waals surface area contributed by atoms with Gasteiger partial charge in [0.25, 0.3) is 0 Å². The van der Waals surface area contributed by atoms with Gasteiger partial charge in [0.2, 0.25) is 5.91 Å². The van der Waals surface area contributed by atoms with Crippen LogP contribution < -0.4 is 11.1 Å². The number of benzene rings is 1. The minimum absolute atomic E-state index is 0.189. The van der Waals surface area contributed by atoms with Crippen molar-refractivity contribution in [1.82, 2.24) is 5.32 Å². The first-order chi connectivity index (χ1) is 10.6. The lowest BCUT2D eigenvalue weighted by atomic mass is 9.99. The number of thioether (sulfide) groups is 1. The summed E-state index contributed by atoms with van der Waals surface area (Å²) in [6.07, 6.45) is 2.58. The summed E-state index contributed by atoms with van der Waals surface area (Å²) in [5, 5.41) is 2.76. The topological polar surface area (TPSA) is 81.4 Å². The Morgan fingerprint density at radius 3 is 2.59 bits per heavy atom. The summed E-state index contributed by atoms with van der Waals surface area (Å²) in [6.45, 7) is 2.26. The predicted octanol–water partition coefficient (Wildman–Crippen LogP) is 1.53. The minimum atomic E-state index is -0.550. The summed E-state index contributed by atoms with van der Waals surface area (Å²) < 4.78 is 5.09. The molecule has 0 saturated heterocycles. The fourth-order valence-corrected chi connectivity index (χ4v) is 2.46. The molecular formula is C16H24N2O3S. The van der Waals surface area contributed by atoms with Crippen LogP contribution >= 0.6 is 11.8 Å². The van der Waals surface area contributed by atoms with Gasteiger partial charge < -0.3 is 15.8 Å². The molecule has 5 nitrogen and oxygen atoms in total. The molecule has 0 bridgehead atoms. The third-order valence-electron chi connectivity index (χ3n) is 3.22. The summed E-state index contributed by atoms with van der Waals surface area (Å²) in [4.78, 5) is 24.1. The standard InChI is InChI=1S/C16H24N2O3S/c1-3-21-16(20)13(12-7-5-4-6-8-12)11-18-15(19)14(17)9-10-22-2/h4-8,13-14H,3,9-11,17H2,1-2H3,(H,18,19)/t13?,14-/m0/s1. The van der Waals surface area contributed by atoms with Crippen LogP contribution in [-0.2, 0) is 14.3 Å². The molecule has 0 saturated carbocycles. The lowest BCUT2D eigenvalue weighted by Crippen LogP contribution is -2.43. The van der Waals surface area contributed by atoms with Gasteiger partial charge in [0, 0.05) is 6.54 Å². The third-order valence-corrected chi connectivity index (χ3v) is 3.87. The van der Waals surface area contributed by atoms with Crippen LogP contribution in [-0.4, -0.2) is 43.1 Å². The Labute approximate surface area is 136 Å². The van der Waals surface area contributed by atoms with Gasteiger partial charge in [-0.15, -0.1) is 0 Å². The van der Waals surface area contributed by atoms with Crippen LogP contribution in [0.25, 0.3) is 0 Å². The second kappa shape index (κ2) is 10.2. The van der Waals surface area contributed by atoms with Crippen LogP contribution in [0, 0.1) is 0 Å². The second-order valence-electron chi connectivity index (χ2n) is 4.85. The van der Waals surface area contributed by atoms with Crippen molar-refractivity contribution < 1.29 is 14.3 Å². The van der Waals surface area contributed by atoms with Gasteiger partial charge in [-0.25, -0.2) is 0 Å². The number of esters is 1. The van der Waals surface area contributed by atoms with Crippen molar-refractivity contribution in [2.45, 2.75) is 25.3 Å². The Kier molecular flexibility index (Phi) is 8.62. The Morgan fingerprint density at radius 2 is 2.00 bits per heavy atom. The van der Waals surface area contributed by atoms with Crippen molar-refractivity contribution in [3.63, 3.8) is 0 Å². The van der Waals surface area contributed by atoms with Crippen molar-refractivity contribution >= 4 is 23.6 Å². The molecule has 0 heterocycles. The monoisotopic (exact) mass is 324 g/mol. The first kappa shape index (κ1) is 18.5. The summed E-state index contributed by atoms with van der Waals surface area (Å²) in [6, 6.07) is 8.73. The van der Waals surface area contributed by atoms with Crippen LogP contribution in [0.1, 0.15) is 24.8 Å². The lowest BCUT2D eigenvalue weighted by molar-refractivity contribution is -0.144. The van der Waals surface area contributed by atoms with E-state index in [0.29, 0.717) is 13.0 Å². The van der Waals surface area contributed by atoms with Crippen LogP contribution in [0.4, 0.5) is 0 Å². The zero-order chi connectivity index (χ0) is 16.4. The molecule has 1 aromatic carbocycles.